The smallest absolute Gasteiger partial charge is 0.0951 e. The molecule has 0 bridgehead atoms. The van der Waals surface area contributed by atoms with Crippen molar-refractivity contribution in [3.05, 3.63) is 17.7 Å². The van der Waals surface area contributed by atoms with Gasteiger partial charge in [0.05, 0.1) is 12.0 Å². The lowest BCUT2D eigenvalue weighted by Crippen LogP contribution is -2.22. The molecule has 0 N–H and O–H groups in total. The summed E-state index contributed by atoms with van der Waals surface area (Å²) >= 11 is 3.48. The highest BCUT2D eigenvalue weighted by Gasteiger charge is 2.25. The summed E-state index contributed by atoms with van der Waals surface area (Å²) in [5.74, 6) is 1.59. The predicted molar refractivity (Wildman–Crippen MR) is 61.8 cm³/mol. The third-order valence-electron chi connectivity index (χ3n) is 3.36. The highest BCUT2D eigenvalue weighted by molar-refractivity contribution is 9.09. The minimum absolute atomic E-state index is 0.787. The molecule has 2 atom stereocenters. The van der Waals surface area contributed by atoms with Crippen molar-refractivity contribution < 1.29 is 0 Å². The van der Waals surface area contributed by atoms with Crippen LogP contribution in [0.3, 0.4) is 0 Å². The van der Waals surface area contributed by atoms with Gasteiger partial charge >= 0.3 is 0 Å². The zero-order valence-electron chi connectivity index (χ0n) is 8.83. The average Bonchev–Trinajstić information content (AvgIpc) is 2.51. The van der Waals surface area contributed by atoms with Crippen LogP contribution in [0.1, 0.15) is 25.2 Å². The second kappa shape index (κ2) is 4.05. The molecule has 0 radical (unpaired) electrons. The minimum atomic E-state index is 0.787. The molecular weight excluding hydrogens is 240 g/mol. The highest BCUT2D eigenvalue weighted by Crippen LogP contribution is 2.28. The van der Waals surface area contributed by atoms with E-state index in [-0.39, 0.29) is 0 Å². The number of aromatic nitrogens is 2. The zero-order chi connectivity index (χ0) is 10.1. The Morgan fingerprint density at radius 3 is 2.86 bits per heavy atom. The number of nitrogens with zero attached hydrogens (tertiary/aromatic N) is 2. The molecule has 0 aromatic carbocycles. The predicted octanol–water partition coefficient (Wildman–Crippen LogP) is 2.65. The lowest BCUT2D eigenvalue weighted by atomic mass is 9.82. The van der Waals surface area contributed by atoms with E-state index in [1.807, 2.05) is 6.33 Å². The first kappa shape index (κ1) is 10.2. The Morgan fingerprint density at radius 1 is 1.43 bits per heavy atom. The van der Waals surface area contributed by atoms with E-state index in [4.69, 9.17) is 0 Å². The number of hydrogen-bond donors (Lipinski definition) is 0. The standard InChI is InChI=1S/C11H17BrN2/c1-8-5-10-11(6-9(8)2)14(4-3-12)7-13-10/h7-9H,3-6H2,1-2H3. The van der Waals surface area contributed by atoms with Gasteiger partial charge in [0.15, 0.2) is 0 Å². The minimum Gasteiger partial charge on any atom is -0.333 e. The van der Waals surface area contributed by atoms with Gasteiger partial charge in [0.1, 0.15) is 0 Å². The third kappa shape index (κ3) is 1.74. The first-order valence-corrected chi connectivity index (χ1v) is 6.43. The summed E-state index contributed by atoms with van der Waals surface area (Å²) in [6.45, 7) is 5.72. The summed E-state index contributed by atoms with van der Waals surface area (Å²) in [4.78, 5) is 4.50. The van der Waals surface area contributed by atoms with E-state index in [0.717, 1.165) is 30.1 Å². The van der Waals surface area contributed by atoms with Crippen LogP contribution in [0.15, 0.2) is 6.33 Å². The maximum Gasteiger partial charge on any atom is 0.0951 e. The van der Waals surface area contributed by atoms with E-state index in [2.05, 4.69) is 39.3 Å². The van der Waals surface area contributed by atoms with Crippen molar-refractivity contribution in [3.8, 4) is 0 Å². The van der Waals surface area contributed by atoms with Crippen molar-refractivity contribution in [1.29, 1.82) is 0 Å². The Labute approximate surface area is 93.9 Å². The fourth-order valence-corrected chi connectivity index (χ4v) is 2.53. The monoisotopic (exact) mass is 256 g/mol. The summed E-state index contributed by atoms with van der Waals surface area (Å²) in [7, 11) is 0. The number of alkyl halides is 1. The van der Waals surface area contributed by atoms with Crippen molar-refractivity contribution in [3.63, 3.8) is 0 Å². The van der Waals surface area contributed by atoms with Gasteiger partial charge in [0, 0.05) is 17.6 Å². The van der Waals surface area contributed by atoms with Gasteiger partial charge < -0.3 is 4.57 Å². The Morgan fingerprint density at radius 2 is 2.14 bits per heavy atom. The van der Waals surface area contributed by atoms with Gasteiger partial charge in [-0.15, -0.1) is 0 Å². The first-order chi connectivity index (χ1) is 6.72. The van der Waals surface area contributed by atoms with Crippen LogP contribution in [0.5, 0.6) is 0 Å². The molecule has 0 spiro atoms. The molecule has 0 saturated heterocycles. The maximum absolute atomic E-state index is 4.50. The van der Waals surface area contributed by atoms with Crippen molar-refractivity contribution >= 4 is 15.9 Å². The fraction of sp³-hybridized carbons (Fsp3) is 0.727. The van der Waals surface area contributed by atoms with E-state index in [0.29, 0.717) is 0 Å². The van der Waals surface area contributed by atoms with Gasteiger partial charge in [-0.3, -0.25) is 0 Å². The molecule has 2 nitrogen and oxygen atoms in total. The van der Waals surface area contributed by atoms with Crippen LogP contribution >= 0.6 is 15.9 Å². The SMILES string of the molecule is CC1Cc2ncn(CCBr)c2CC1C. The van der Waals surface area contributed by atoms with Crippen LogP contribution in [0.2, 0.25) is 0 Å². The molecule has 0 amide bonds. The summed E-state index contributed by atoms with van der Waals surface area (Å²) < 4.78 is 2.30. The molecule has 2 rings (SSSR count). The molecule has 0 aliphatic heterocycles. The first-order valence-electron chi connectivity index (χ1n) is 5.31. The van der Waals surface area contributed by atoms with E-state index in [9.17, 15) is 0 Å². The van der Waals surface area contributed by atoms with E-state index in [1.165, 1.54) is 17.8 Å². The molecule has 2 unspecified atom stereocenters. The number of rotatable bonds is 2. The quantitative estimate of drug-likeness (QED) is 0.745. The van der Waals surface area contributed by atoms with Gasteiger partial charge in [-0.05, 0) is 24.7 Å². The molecule has 0 saturated carbocycles. The van der Waals surface area contributed by atoms with Crippen molar-refractivity contribution in [1.82, 2.24) is 9.55 Å². The van der Waals surface area contributed by atoms with Crippen LogP contribution in [0, 0.1) is 11.8 Å². The lowest BCUT2D eigenvalue weighted by Gasteiger charge is -2.26. The molecule has 1 aliphatic carbocycles. The van der Waals surface area contributed by atoms with E-state index < -0.39 is 0 Å². The largest absolute Gasteiger partial charge is 0.333 e. The van der Waals surface area contributed by atoms with Gasteiger partial charge in [-0.2, -0.15) is 0 Å². The van der Waals surface area contributed by atoms with Gasteiger partial charge in [0.2, 0.25) is 0 Å². The summed E-state index contributed by atoms with van der Waals surface area (Å²) in [6.07, 6.45) is 4.35. The van der Waals surface area contributed by atoms with Crippen LogP contribution in [0.4, 0.5) is 0 Å². The number of hydrogen-bond acceptors (Lipinski definition) is 1. The molecule has 1 aromatic heterocycles. The van der Waals surface area contributed by atoms with E-state index >= 15 is 0 Å². The molecule has 3 heteroatoms. The molecule has 1 heterocycles. The maximum atomic E-state index is 4.50. The Bertz CT molecular complexity index is 306. The molecule has 14 heavy (non-hydrogen) atoms. The molecular formula is C11H17BrN2. The van der Waals surface area contributed by atoms with Gasteiger partial charge in [-0.25, -0.2) is 4.98 Å². The molecule has 0 fully saturated rings. The number of aryl methyl sites for hydroxylation is 1. The second-order valence-electron chi connectivity index (χ2n) is 4.38. The summed E-state index contributed by atoms with van der Waals surface area (Å²) in [5, 5.41) is 1.01. The average molecular weight is 257 g/mol. The van der Waals surface area contributed by atoms with Gasteiger partial charge in [-0.1, -0.05) is 29.8 Å². The number of imidazole rings is 1. The Balaban J connectivity index is 2.26. The normalized spacial score (nSPS) is 26.2. The summed E-state index contributed by atoms with van der Waals surface area (Å²) in [6, 6.07) is 0. The van der Waals surface area contributed by atoms with Crippen molar-refractivity contribution in [2.75, 3.05) is 5.33 Å². The third-order valence-corrected chi connectivity index (χ3v) is 3.71. The second-order valence-corrected chi connectivity index (χ2v) is 5.18. The lowest BCUT2D eigenvalue weighted by molar-refractivity contribution is 0.349. The topological polar surface area (TPSA) is 17.8 Å². The number of fused-ring (bicyclic) bond motifs is 1. The fourth-order valence-electron chi connectivity index (χ4n) is 2.15. The van der Waals surface area contributed by atoms with E-state index in [1.54, 1.807) is 0 Å². The Kier molecular flexibility index (Phi) is 2.96. The molecule has 1 aliphatic rings. The Hall–Kier alpha value is -0.310. The number of halogens is 1. The van der Waals surface area contributed by atoms with Crippen LogP contribution in [-0.4, -0.2) is 14.9 Å². The highest BCUT2D eigenvalue weighted by atomic mass is 79.9. The molecule has 1 aromatic rings. The van der Waals surface area contributed by atoms with Crippen LogP contribution in [-0.2, 0) is 19.4 Å². The van der Waals surface area contributed by atoms with Crippen molar-refractivity contribution in [2.24, 2.45) is 11.8 Å². The van der Waals surface area contributed by atoms with Crippen LogP contribution < -0.4 is 0 Å². The molecule has 78 valence electrons. The van der Waals surface area contributed by atoms with Crippen molar-refractivity contribution in [2.45, 2.75) is 33.2 Å². The van der Waals surface area contributed by atoms with Gasteiger partial charge in [0.25, 0.3) is 0 Å². The van der Waals surface area contributed by atoms with Crippen LogP contribution in [0.25, 0.3) is 0 Å². The zero-order valence-corrected chi connectivity index (χ0v) is 10.4. The summed E-state index contributed by atoms with van der Waals surface area (Å²) in [5.41, 5.74) is 2.80.